The Morgan fingerprint density at radius 3 is 2.52 bits per heavy atom. The van der Waals surface area contributed by atoms with Crippen molar-refractivity contribution in [2.75, 3.05) is 12.4 Å². The lowest BCUT2D eigenvalue weighted by molar-refractivity contribution is -0.696. The van der Waals surface area contributed by atoms with E-state index in [1.807, 2.05) is 35.2 Å². The zero-order chi connectivity index (χ0) is 29.0. The molecule has 0 saturated heterocycles. The molecule has 10 nitrogen and oxygen atoms in total. The van der Waals surface area contributed by atoms with E-state index >= 15 is 0 Å². The summed E-state index contributed by atoms with van der Waals surface area (Å²) >= 11 is 0.910. The molecule has 0 spiro atoms. The average molecular weight is 625 g/mol. The molecule has 0 bridgehead atoms. The summed E-state index contributed by atoms with van der Waals surface area (Å²) in [5, 5.41) is 9.31. The van der Waals surface area contributed by atoms with Crippen LogP contribution in [0.2, 0.25) is 0 Å². The van der Waals surface area contributed by atoms with Gasteiger partial charge in [-0.1, -0.05) is 17.0 Å². The summed E-state index contributed by atoms with van der Waals surface area (Å²) in [7, 11) is -11.8. The number of aromatic nitrogens is 1. The fourth-order valence-corrected chi connectivity index (χ4v) is 8.50. The van der Waals surface area contributed by atoms with E-state index in [9.17, 15) is 25.8 Å². The summed E-state index contributed by atoms with van der Waals surface area (Å²) in [5.41, 5.74) is 0.277. The van der Waals surface area contributed by atoms with Gasteiger partial charge in [-0.15, -0.1) is 11.3 Å². The van der Waals surface area contributed by atoms with Crippen molar-refractivity contribution in [3.63, 3.8) is 0 Å². The monoisotopic (exact) mass is 624 g/mol. The first kappa shape index (κ1) is 29.8. The number of sulfone groups is 1. The summed E-state index contributed by atoms with van der Waals surface area (Å²) in [6.45, 7) is 1.56. The van der Waals surface area contributed by atoms with Crippen LogP contribution >= 0.6 is 18.9 Å². The molecule has 4 aromatic rings. The highest BCUT2D eigenvalue weighted by atomic mass is 32.2. The van der Waals surface area contributed by atoms with Gasteiger partial charge in [0.15, 0.2) is 22.2 Å². The number of hydrogen-bond acceptors (Lipinski definition) is 9. The summed E-state index contributed by atoms with van der Waals surface area (Å²) < 4.78 is 89.5. The Balaban J connectivity index is 1.39. The highest BCUT2D eigenvalue weighted by Crippen LogP contribution is 2.44. The molecule has 0 aliphatic heterocycles. The summed E-state index contributed by atoms with van der Waals surface area (Å²) in [5.74, 6) is -1.30. The summed E-state index contributed by atoms with van der Waals surface area (Å²) in [6.07, 6.45) is 4.19. The van der Waals surface area contributed by atoms with Crippen molar-refractivity contribution in [2.24, 2.45) is 0 Å². The van der Waals surface area contributed by atoms with Crippen LogP contribution in [0.4, 0.5) is 4.39 Å². The van der Waals surface area contributed by atoms with Gasteiger partial charge in [-0.25, -0.2) is 30.4 Å². The van der Waals surface area contributed by atoms with Crippen LogP contribution in [-0.4, -0.2) is 29.3 Å². The van der Waals surface area contributed by atoms with Gasteiger partial charge < -0.3 is 4.52 Å². The predicted molar refractivity (Wildman–Crippen MR) is 147 cm³/mol. The molecule has 0 aliphatic carbocycles. The second-order valence-corrected chi connectivity index (χ2v) is 15.8. The number of nitriles is 1. The standard InChI is InChI=1S/C25H24FN3O7PS3/c1-37(30,35-22-8-7-20(17-27)23(26)16-22)36-28-40(33,34)25-15-21-14-19(6-9-24(21)38-25)18-39(31,32)13-5-12-29-10-3-2-4-11-29/h2-4,6-11,14-16,28H,5,12-13,18H2,1H3/q+1. The number of nitrogens with zero attached hydrogens (tertiary/aromatic N) is 2. The van der Waals surface area contributed by atoms with Gasteiger partial charge >= 0.3 is 7.60 Å². The Kier molecular flexibility index (Phi) is 9.04. The number of thiophene rings is 1. The Morgan fingerprint density at radius 2 is 1.82 bits per heavy atom. The van der Waals surface area contributed by atoms with Crippen LogP contribution in [-0.2, 0) is 41.3 Å². The van der Waals surface area contributed by atoms with E-state index in [0.29, 0.717) is 28.6 Å². The minimum atomic E-state index is -4.30. The first-order valence-corrected chi connectivity index (χ1v) is 17.8. The van der Waals surface area contributed by atoms with Crippen molar-refractivity contribution in [3.05, 3.63) is 90.0 Å². The smallest absolute Gasteiger partial charge is 0.393 e. The molecule has 1 atom stereocenters. The number of pyridine rings is 1. The molecule has 0 fully saturated rings. The maximum absolute atomic E-state index is 13.8. The van der Waals surface area contributed by atoms with Crippen molar-refractivity contribution >= 4 is 48.9 Å². The van der Waals surface area contributed by atoms with Crippen molar-refractivity contribution in [1.82, 2.24) is 4.89 Å². The van der Waals surface area contributed by atoms with Gasteiger partial charge in [-0.2, -0.15) is 9.89 Å². The third-order valence-electron chi connectivity index (χ3n) is 5.50. The minimum absolute atomic E-state index is 0.00567. The number of nitrogens with one attached hydrogen (secondary N) is 1. The van der Waals surface area contributed by atoms with Crippen LogP contribution in [0.15, 0.2) is 77.3 Å². The second kappa shape index (κ2) is 12.1. The molecule has 0 aliphatic rings. The Hall–Kier alpha value is -3.18. The lowest BCUT2D eigenvalue weighted by atomic mass is 10.2. The number of hydrogen-bond donors (Lipinski definition) is 1. The molecule has 0 saturated carbocycles. The molecule has 40 heavy (non-hydrogen) atoms. The van der Waals surface area contributed by atoms with Crippen LogP contribution in [0.1, 0.15) is 17.5 Å². The van der Waals surface area contributed by atoms with E-state index in [4.69, 9.17) is 14.4 Å². The number of aryl methyl sites for hydroxylation is 1. The lowest BCUT2D eigenvalue weighted by Crippen LogP contribution is -2.33. The summed E-state index contributed by atoms with van der Waals surface area (Å²) in [6, 6.07) is 16.6. The largest absolute Gasteiger partial charge is 0.424 e. The van der Waals surface area contributed by atoms with Gasteiger partial charge in [0.2, 0.25) is 0 Å². The predicted octanol–water partition coefficient (Wildman–Crippen LogP) is 4.32. The zero-order valence-corrected chi connectivity index (χ0v) is 24.4. The van der Waals surface area contributed by atoms with Crippen LogP contribution < -0.4 is 14.0 Å². The quantitative estimate of drug-likeness (QED) is 0.140. The van der Waals surface area contributed by atoms with Crippen LogP contribution in [0.5, 0.6) is 5.75 Å². The van der Waals surface area contributed by atoms with Crippen molar-refractivity contribution in [1.29, 1.82) is 5.26 Å². The van der Waals surface area contributed by atoms with E-state index in [-0.39, 0.29) is 27.0 Å². The Morgan fingerprint density at radius 1 is 1.07 bits per heavy atom. The van der Waals surface area contributed by atoms with Crippen molar-refractivity contribution < 1.29 is 39.5 Å². The molecule has 15 heteroatoms. The first-order chi connectivity index (χ1) is 18.9. The number of benzene rings is 2. The van der Waals surface area contributed by atoms with Gasteiger partial charge in [-0.3, -0.25) is 0 Å². The van der Waals surface area contributed by atoms with E-state index < -0.39 is 33.3 Å². The van der Waals surface area contributed by atoms with Crippen LogP contribution in [0, 0.1) is 17.1 Å². The summed E-state index contributed by atoms with van der Waals surface area (Å²) in [4.78, 5) is 1.77. The fraction of sp³-hybridized carbons (Fsp3) is 0.200. The van der Waals surface area contributed by atoms with Crippen molar-refractivity contribution in [3.8, 4) is 11.8 Å². The first-order valence-electron chi connectivity index (χ1n) is 11.7. The van der Waals surface area contributed by atoms with Gasteiger partial charge in [0.05, 0.1) is 23.7 Å². The highest BCUT2D eigenvalue weighted by Gasteiger charge is 2.26. The van der Waals surface area contributed by atoms with Gasteiger partial charge in [0.25, 0.3) is 10.0 Å². The molecule has 1 N–H and O–H groups in total. The Bertz CT molecular complexity index is 1840. The van der Waals surface area contributed by atoms with Gasteiger partial charge in [0.1, 0.15) is 28.4 Å². The van der Waals surface area contributed by atoms with E-state index in [2.05, 4.69) is 0 Å². The molecule has 0 amide bonds. The van der Waals surface area contributed by atoms with Gasteiger partial charge in [0, 0.05) is 29.3 Å². The molecule has 4 rings (SSSR count). The molecule has 1 unspecified atom stereocenters. The van der Waals surface area contributed by atoms with E-state index in [1.54, 1.807) is 29.2 Å². The molecule has 0 radical (unpaired) electrons. The molecular formula is C25H24FN3O7PS3+. The maximum Gasteiger partial charge on any atom is 0.393 e. The third-order valence-corrected chi connectivity index (χ3v) is 11.0. The Labute approximate surface area is 235 Å². The number of halogens is 1. The van der Waals surface area contributed by atoms with Crippen LogP contribution in [0.3, 0.4) is 0 Å². The molecule has 210 valence electrons. The molecule has 2 aromatic heterocycles. The third kappa shape index (κ3) is 7.94. The topological polar surface area (TPSA) is 144 Å². The fourth-order valence-electron chi connectivity index (χ4n) is 3.68. The number of fused-ring (bicyclic) bond motifs is 1. The highest BCUT2D eigenvalue weighted by molar-refractivity contribution is 7.91. The minimum Gasteiger partial charge on any atom is -0.424 e. The lowest BCUT2D eigenvalue weighted by Gasteiger charge is -2.15. The zero-order valence-electron chi connectivity index (χ0n) is 21.1. The second-order valence-electron chi connectivity index (χ2n) is 8.79. The molecule has 2 aromatic carbocycles. The normalized spacial score (nSPS) is 13.5. The average Bonchev–Trinajstić information content (AvgIpc) is 3.32. The number of sulfonamides is 1. The molecule has 2 heterocycles. The SMILES string of the molecule is CP(=O)(ONS(=O)(=O)c1cc2cc(CS(=O)(=O)CCC[n+]3ccccc3)ccc2s1)Oc1ccc(C#N)c(F)c1. The van der Waals surface area contributed by atoms with Gasteiger partial charge in [-0.05, 0) is 41.3 Å². The number of rotatable bonds is 12. The van der Waals surface area contributed by atoms with E-state index in [0.717, 1.165) is 30.1 Å². The van der Waals surface area contributed by atoms with Crippen molar-refractivity contribution in [2.45, 2.75) is 22.9 Å². The van der Waals surface area contributed by atoms with E-state index in [1.165, 1.54) is 12.1 Å². The van der Waals surface area contributed by atoms with Crippen LogP contribution in [0.25, 0.3) is 10.1 Å². The maximum atomic E-state index is 13.8. The molecular weight excluding hydrogens is 600 g/mol.